The Morgan fingerprint density at radius 2 is 2.00 bits per heavy atom. The highest BCUT2D eigenvalue weighted by Crippen LogP contribution is 2.31. The molecule has 0 spiro atoms. The van der Waals surface area contributed by atoms with E-state index in [2.05, 4.69) is 5.32 Å². The Labute approximate surface area is 121 Å². The Hall–Kier alpha value is -2.46. The number of hydrogen-bond acceptors (Lipinski definition) is 3. The maximum Gasteiger partial charge on any atom is 0.416 e. The van der Waals surface area contributed by atoms with Gasteiger partial charge in [-0.15, -0.1) is 0 Å². The molecule has 1 heterocycles. The van der Waals surface area contributed by atoms with Gasteiger partial charge in [0.05, 0.1) is 16.8 Å². The SMILES string of the molecule is N#Cc1cc(C(F)(F)F)ccc1NC(=O)c1ccc(Cl)o1. The summed E-state index contributed by atoms with van der Waals surface area (Å²) in [4.78, 5) is 11.8. The van der Waals surface area contributed by atoms with E-state index in [4.69, 9.17) is 21.3 Å². The minimum absolute atomic E-state index is 0.00641. The molecule has 0 atom stereocenters. The average Bonchev–Trinajstić information content (AvgIpc) is 2.84. The van der Waals surface area contributed by atoms with Crippen molar-refractivity contribution in [3.8, 4) is 6.07 Å². The first-order valence-electron chi connectivity index (χ1n) is 5.49. The van der Waals surface area contributed by atoms with E-state index in [-0.39, 0.29) is 22.2 Å². The second kappa shape index (κ2) is 5.50. The Kier molecular flexibility index (Phi) is 3.91. The highest BCUT2D eigenvalue weighted by atomic mass is 35.5. The monoisotopic (exact) mass is 314 g/mol. The number of alkyl halides is 3. The summed E-state index contributed by atoms with van der Waals surface area (Å²) in [6.45, 7) is 0. The number of furan rings is 1. The molecule has 0 fully saturated rings. The number of nitrogens with zero attached hydrogens (tertiary/aromatic N) is 1. The van der Waals surface area contributed by atoms with Gasteiger partial charge in [0.2, 0.25) is 0 Å². The predicted molar refractivity (Wildman–Crippen MR) is 67.8 cm³/mol. The molecule has 21 heavy (non-hydrogen) atoms. The third kappa shape index (κ3) is 3.35. The van der Waals surface area contributed by atoms with Gasteiger partial charge in [-0.1, -0.05) is 0 Å². The van der Waals surface area contributed by atoms with Crippen molar-refractivity contribution < 1.29 is 22.4 Å². The van der Waals surface area contributed by atoms with Gasteiger partial charge in [-0.05, 0) is 41.9 Å². The minimum Gasteiger partial charge on any atom is -0.440 e. The summed E-state index contributed by atoms with van der Waals surface area (Å²) in [5.41, 5.74) is -1.34. The van der Waals surface area contributed by atoms with Gasteiger partial charge in [0, 0.05) is 0 Å². The van der Waals surface area contributed by atoms with Crippen LogP contribution in [0.1, 0.15) is 21.7 Å². The summed E-state index contributed by atoms with van der Waals surface area (Å²) >= 11 is 5.51. The standard InChI is InChI=1S/C13H6ClF3N2O2/c14-11-4-3-10(21-11)12(20)19-9-2-1-8(13(15,16)17)5-7(9)6-18/h1-5H,(H,19,20). The summed E-state index contributed by atoms with van der Waals surface area (Å²) in [6, 6.07) is 6.67. The van der Waals surface area contributed by atoms with Crippen LogP contribution in [0.5, 0.6) is 0 Å². The lowest BCUT2D eigenvalue weighted by molar-refractivity contribution is -0.137. The maximum atomic E-state index is 12.5. The van der Waals surface area contributed by atoms with Crippen LogP contribution in [0.4, 0.5) is 18.9 Å². The van der Waals surface area contributed by atoms with Crippen LogP contribution >= 0.6 is 11.6 Å². The van der Waals surface area contributed by atoms with Crippen LogP contribution in [0.2, 0.25) is 5.22 Å². The van der Waals surface area contributed by atoms with Crippen molar-refractivity contribution in [2.75, 3.05) is 5.32 Å². The summed E-state index contributed by atoms with van der Waals surface area (Å²) in [5, 5.41) is 11.2. The number of halogens is 4. The van der Waals surface area contributed by atoms with Gasteiger partial charge in [0.1, 0.15) is 6.07 Å². The smallest absolute Gasteiger partial charge is 0.416 e. The van der Waals surface area contributed by atoms with Gasteiger partial charge in [-0.2, -0.15) is 18.4 Å². The van der Waals surface area contributed by atoms with Gasteiger partial charge in [-0.3, -0.25) is 4.79 Å². The molecule has 0 saturated carbocycles. The van der Waals surface area contributed by atoms with E-state index >= 15 is 0 Å². The molecular weight excluding hydrogens is 309 g/mol. The number of amides is 1. The van der Waals surface area contributed by atoms with Crippen molar-refractivity contribution in [1.29, 1.82) is 5.26 Å². The molecule has 4 nitrogen and oxygen atoms in total. The molecule has 0 aliphatic rings. The van der Waals surface area contributed by atoms with E-state index in [1.807, 2.05) is 0 Å². The third-order valence-electron chi connectivity index (χ3n) is 2.51. The quantitative estimate of drug-likeness (QED) is 0.908. The lowest BCUT2D eigenvalue weighted by Crippen LogP contribution is -2.13. The van der Waals surface area contributed by atoms with E-state index < -0.39 is 17.6 Å². The van der Waals surface area contributed by atoms with Gasteiger partial charge in [0.15, 0.2) is 11.0 Å². The van der Waals surface area contributed by atoms with Crippen molar-refractivity contribution in [2.24, 2.45) is 0 Å². The summed E-state index contributed by atoms with van der Waals surface area (Å²) < 4.78 is 42.5. The molecule has 1 aromatic carbocycles. The Morgan fingerprint density at radius 3 is 2.52 bits per heavy atom. The number of anilines is 1. The maximum absolute atomic E-state index is 12.5. The summed E-state index contributed by atoms with van der Waals surface area (Å²) in [6.07, 6.45) is -4.57. The number of carbonyl (C=O) groups is 1. The zero-order valence-electron chi connectivity index (χ0n) is 10.2. The number of rotatable bonds is 2. The number of benzene rings is 1. The topological polar surface area (TPSA) is 66.0 Å². The average molecular weight is 315 g/mol. The summed E-state index contributed by atoms with van der Waals surface area (Å²) in [7, 11) is 0. The molecule has 0 radical (unpaired) electrons. The molecule has 0 aliphatic carbocycles. The summed E-state index contributed by atoms with van der Waals surface area (Å²) in [5.74, 6) is -0.845. The normalized spacial score (nSPS) is 11.0. The van der Waals surface area contributed by atoms with E-state index in [1.165, 1.54) is 12.1 Å². The molecule has 2 rings (SSSR count). The van der Waals surface area contributed by atoms with E-state index in [0.717, 1.165) is 12.1 Å². The molecule has 1 N–H and O–H groups in total. The van der Waals surface area contributed by atoms with E-state index in [9.17, 15) is 18.0 Å². The van der Waals surface area contributed by atoms with E-state index in [0.29, 0.717) is 6.07 Å². The Bertz CT molecular complexity index is 732. The van der Waals surface area contributed by atoms with Crippen LogP contribution < -0.4 is 5.32 Å². The first kappa shape index (κ1) is 14.9. The van der Waals surface area contributed by atoms with Crippen LogP contribution in [0.25, 0.3) is 0 Å². The molecule has 1 aromatic heterocycles. The van der Waals surface area contributed by atoms with E-state index in [1.54, 1.807) is 6.07 Å². The van der Waals surface area contributed by atoms with Crippen molar-refractivity contribution in [3.05, 3.63) is 52.4 Å². The Balaban J connectivity index is 2.29. The zero-order valence-corrected chi connectivity index (χ0v) is 10.9. The number of hydrogen-bond donors (Lipinski definition) is 1. The molecule has 2 aromatic rings. The largest absolute Gasteiger partial charge is 0.440 e. The first-order chi connectivity index (χ1) is 9.81. The van der Waals surface area contributed by atoms with Gasteiger partial charge in [0.25, 0.3) is 5.91 Å². The molecule has 0 saturated heterocycles. The molecule has 0 bridgehead atoms. The van der Waals surface area contributed by atoms with Crippen molar-refractivity contribution in [2.45, 2.75) is 6.18 Å². The van der Waals surface area contributed by atoms with Crippen molar-refractivity contribution in [3.63, 3.8) is 0 Å². The molecule has 0 aliphatic heterocycles. The fourth-order valence-corrected chi connectivity index (χ4v) is 1.69. The second-order valence-corrected chi connectivity index (χ2v) is 4.30. The number of carbonyl (C=O) groups excluding carboxylic acids is 1. The van der Waals surface area contributed by atoms with Gasteiger partial charge < -0.3 is 9.73 Å². The minimum atomic E-state index is -4.57. The van der Waals surface area contributed by atoms with Crippen LogP contribution in [-0.2, 0) is 6.18 Å². The fourth-order valence-electron chi connectivity index (χ4n) is 1.54. The highest BCUT2D eigenvalue weighted by molar-refractivity contribution is 6.29. The van der Waals surface area contributed by atoms with Crippen LogP contribution in [0, 0.1) is 11.3 Å². The first-order valence-corrected chi connectivity index (χ1v) is 5.87. The second-order valence-electron chi connectivity index (χ2n) is 3.93. The highest BCUT2D eigenvalue weighted by Gasteiger charge is 2.31. The molecule has 1 amide bonds. The van der Waals surface area contributed by atoms with Crippen LogP contribution in [-0.4, -0.2) is 5.91 Å². The Morgan fingerprint density at radius 1 is 1.29 bits per heavy atom. The number of nitriles is 1. The van der Waals surface area contributed by atoms with Crippen molar-refractivity contribution >= 4 is 23.2 Å². The fraction of sp³-hybridized carbons (Fsp3) is 0.0769. The predicted octanol–water partition coefficient (Wildman–Crippen LogP) is 4.08. The lowest BCUT2D eigenvalue weighted by atomic mass is 10.1. The molecule has 108 valence electrons. The lowest BCUT2D eigenvalue weighted by Gasteiger charge is -2.10. The number of nitrogens with one attached hydrogen (secondary N) is 1. The van der Waals surface area contributed by atoms with Crippen LogP contribution in [0.15, 0.2) is 34.7 Å². The third-order valence-corrected chi connectivity index (χ3v) is 2.72. The van der Waals surface area contributed by atoms with Gasteiger partial charge in [-0.25, -0.2) is 0 Å². The van der Waals surface area contributed by atoms with Crippen molar-refractivity contribution in [1.82, 2.24) is 0 Å². The molecule has 8 heteroatoms. The van der Waals surface area contributed by atoms with Crippen LogP contribution in [0.3, 0.4) is 0 Å². The molecule has 0 unspecified atom stereocenters. The molecular formula is C13H6ClF3N2O2. The van der Waals surface area contributed by atoms with Gasteiger partial charge >= 0.3 is 6.18 Å². The zero-order chi connectivity index (χ0) is 15.6.